The summed E-state index contributed by atoms with van der Waals surface area (Å²) in [5, 5.41) is 11.9. The van der Waals surface area contributed by atoms with Crippen LogP contribution in [0.1, 0.15) is 43.4 Å². The van der Waals surface area contributed by atoms with Gasteiger partial charge in [-0.2, -0.15) is 10.1 Å². The molecule has 3 rings (SSSR count). The summed E-state index contributed by atoms with van der Waals surface area (Å²) in [6.45, 7) is 10.2. The van der Waals surface area contributed by atoms with Gasteiger partial charge in [0, 0.05) is 18.8 Å². The van der Waals surface area contributed by atoms with Gasteiger partial charge in [0.2, 0.25) is 5.95 Å². The van der Waals surface area contributed by atoms with Crippen LogP contribution in [0.4, 0.5) is 17.5 Å². The quantitative estimate of drug-likeness (QED) is 0.636. The molecule has 0 atom stereocenters. The highest BCUT2D eigenvalue weighted by Crippen LogP contribution is 2.29. The molecule has 140 valence electrons. The maximum Gasteiger partial charge on any atom is 0.247 e. The van der Waals surface area contributed by atoms with E-state index in [0.717, 1.165) is 18.8 Å². The molecule has 1 heterocycles. The molecule has 0 aliphatic carbocycles. The average Bonchev–Trinajstić information content (AvgIpc) is 2.68. The smallest absolute Gasteiger partial charge is 0.247 e. The molecule has 0 spiro atoms. The fraction of sp³-hybridized carbons (Fsp3) is 0.318. The van der Waals surface area contributed by atoms with Crippen LogP contribution in [0.3, 0.4) is 0 Å². The molecular weight excluding hydrogens is 334 g/mol. The molecule has 1 N–H and O–H groups in total. The van der Waals surface area contributed by atoms with Crippen LogP contribution in [0.15, 0.2) is 54.7 Å². The first kappa shape index (κ1) is 18.8. The molecule has 27 heavy (non-hydrogen) atoms. The first-order valence-electron chi connectivity index (χ1n) is 9.43. The number of hydrogen-bond donors (Lipinski definition) is 1. The summed E-state index contributed by atoms with van der Waals surface area (Å²) < 4.78 is 0. The lowest BCUT2D eigenvalue weighted by Crippen LogP contribution is -2.24. The number of rotatable bonds is 7. The van der Waals surface area contributed by atoms with E-state index in [2.05, 4.69) is 78.4 Å². The van der Waals surface area contributed by atoms with E-state index in [1.807, 2.05) is 18.2 Å². The minimum absolute atomic E-state index is 0.423. The molecule has 0 amide bonds. The van der Waals surface area contributed by atoms with Crippen LogP contribution in [0.5, 0.6) is 0 Å². The van der Waals surface area contributed by atoms with Crippen LogP contribution in [-0.2, 0) is 6.54 Å². The summed E-state index contributed by atoms with van der Waals surface area (Å²) in [5.41, 5.74) is 4.79. The second-order valence-electron chi connectivity index (χ2n) is 6.96. The molecule has 0 saturated carbocycles. The Morgan fingerprint density at radius 3 is 2.52 bits per heavy atom. The Kier molecular flexibility index (Phi) is 6.01. The normalized spacial score (nSPS) is 10.9. The molecule has 0 aliphatic heterocycles. The van der Waals surface area contributed by atoms with Crippen molar-refractivity contribution in [2.24, 2.45) is 0 Å². The summed E-state index contributed by atoms with van der Waals surface area (Å²) in [6, 6.07) is 16.7. The fourth-order valence-electron chi connectivity index (χ4n) is 3.09. The van der Waals surface area contributed by atoms with Crippen molar-refractivity contribution in [3.05, 3.63) is 71.4 Å². The van der Waals surface area contributed by atoms with Gasteiger partial charge in [-0.25, -0.2) is 0 Å². The molecule has 2 aromatic carbocycles. The summed E-state index contributed by atoms with van der Waals surface area (Å²) in [4.78, 5) is 6.84. The molecule has 5 nitrogen and oxygen atoms in total. The largest absolute Gasteiger partial charge is 0.338 e. The van der Waals surface area contributed by atoms with E-state index in [-0.39, 0.29) is 0 Å². The predicted molar refractivity (Wildman–Crippen MR) is 112 cm³/mol. The zero-order chi connectivity index (χ0) is 19.2. The number of benzene rings is 2. The molecule has 0 saturated heterocycles. The molecule has 0 bridgehead atoms. The maximum absolute atomic E-state index is 4.72. The van der Waals surface area contributed by atoms with Crippen molar-refractivity contribution < 1.29 is 0 Å². The van der Waals surface area contributed by atoms with Crippen LogP contribution in [0.25, 0.3) is 0 Å². The van der Waals surface area contributed by atoms with Gasteiger partial charge < -0.3 is 10.2 Å². The maximum atomic E-state index is 4.72. The molecule has 5 heteroatoms. The number of anilines is 3. The van der Waals surface area contributed by atoms with E-state index in [4.69, 9.17) is 4.98 Å². The van der Waals surface area contributed by atoms with Crippen molar-refractivity contribution >= 4 is 17.5 Å². The van der Waals surface area contributed by atoms with E-state index in [1.165, 1.54) is 16.7 Å². The number of nitrogens with zero attached hydrogens (tertiary/aromatic N) is 4. The SMILES string of the molecule is CCN(Cc1ccccc1)c1nncc(Nc2c(C)cccc2C(C)C)n1. The van der Waals surface area contributed by atoms with E-state index in [9.17, 15) is 0 Å². The molecule has 0 aliphatic rings. The highest BCUT2D eigenvalue weighted by atomic mass is 15.3. The lowest BCUT2D eigenvalue weighted by atomic mass is 9.98. The summed E-state index contributed by atoms with van der Waals surface area (Å²) in [7, 11) is 0. The minimum Gasteiger partial charge on any atom is -0.338 e. The van der Waals surface area contributed by atoms with Gasteiger partial charge in [-0.3, -0.25) is 0 Å². The van der Waals surface area contributed by atoms with Crippen LogP contribution in [0, 0.1) is 6.92 Å². The lowest BCUT2D eigenvalue weighted by Gasteiger charge is -2.21. The molecule has 0 fully saturated rings. The second-order valence-corrected chi connectivity index (χ2v) is 6.96. The van der Waals surface area contributed by atoms with Crippen LogP contribution >= 0.6 is 0 Å². The van der Waals surface area contributed by atoms with Gasteiger partial charge in [-0.05, 0) is 36.5 Å². The van der Waals surface area contributed by atoms with Gasteiger partial charge in [-0.15, -0.1) is 5.10 Å². The lowest BCUT2D eigenvalue weighted by molar-refractivity contribution is 0.771. The average molecular weight is 361 g/mol. The highest BCUT2D eigenvalue weighted by Gasteiger charge is 2.13. The highest BCUT2D eigenvalue weighted by molar-refractivity contribution is 5.65. The fourth-order valence-corrected chi connectivity index (χ4v) is 3.09. The number of aryl methyl sites for hydroxylation is 1. The van der Waals surface area contributed by atoms with Gasteiger partial charge >= 0.3 is 0 Å². The van der Waals surface area contributed by atoms with Crippen LogP contribution < -0.4 is 10.2 Å². The van der Waals surface area contributed by atoms with E-state index < -0.39 is 0 Å². The third kappa shape index (κ3) is 4.61. The summed E-state index contributed by atoms with van der Waals surface area (Å²) in [6.07, 6.45) is 1.68. The Morgan fingerprint density at radius 2 is 1.81 bits per heavy atom. The molecule has 0 radical (unpaired) electrons. The molecular formula is C22H27N5. The Morgan fingerprint density at radius 1 is 1.04 bits per heavy atom. The molecule has 0 unspecified atom stereocenters. The second kappa shape index (κ2) is 8.62. The van der Waals surface area contributed by atoms with Crippen molar-refractivity contribution in [3.63, 3.8) is 0 Å². The zero-order valence-corrected chi connectivity index (χ0v) is 16.5. The topological polar surface area (TPSA) is 53.9 Å². The first-order chi connectivity index (χ1) is 13.1. The summed E-state index contributed by atoms with van der Waals surface area (Å²) in [5.74, 6) is 1.76. The third-order valence-electron chi connectivity index (χ3n) is 4.61. The Hall–Kier alpha value is -2.95. The van der Waals surface area contributed by atoms with E-state index in [0.29, 0.717) is 17.7 Å². The Bertz CT molecular complexity index is 877. The monoisotopic (exact) mass is 361 g/mol. The Labute approximate surface area is 161 Å². The van der Waals surface area contributed by atoms with Crippen molar-refractivity contribution in [1.82, 2.24) is 15.2 Å². The van der Waals surface area contributed by atoms with Gasteiger partial charge in [-0.1, -0.05) is 62.4 Å². The molecule has 3 aromatic rings. The van der Waals surface area contributed by atoms with Gasteiger partial charge in [0.1, 0.15) is 0 Å². The molecule has 1 aromatic heterocycles. The summed E-state index contributed by atoms with van der Waals surface area (Å²) >= 11 is 0. The number of para-hydroxylation sites is 1. The van der Waals surface area contributed by atoms with E-state index >= 15 is 0 Å². The predicted octanol–water partition coefficient (Wildman–Crippen LogP) is 5.07. The standard InChI is InChI=1S/C22H27N5/c1-5-27(15-18-11-7-6-8-12-18)22-25-20(14-23-26-22)24-21-17(4)10-9-13-19(21)16(2)3/h6-14,16H,5,15H2,1-4H3,(H,24,25,26). The van der Waals surface area contributed by atoms with Crippen LogP contribution in [0.2, 0.25) is 0 Å². The van der Waals surface area contributed by atoms with Gasteiger partial charge in [0.25, 0.3) is 0 Å². The van der Waals surface area contributed by atoms with Crippen molar-refractivity contribution in [1.29, 1.82) is 0 Å². The van der Waals surface area contributed by atoms with Crippen molar-refractivity contribution in [3.8, 4) is 0 Å². The Balaban J connectivity index is 1.86. The van der Waals surface area contributed by atoms with Gasteiger partial charge in [0.15, 0.2) is 5.82 Å². The first-order valence-corrected chi connectivity index (χ1v) is 9.43. The number of nitrogens with one attached hydrogen (secondary N) is 1. The third-order valence-corrected chi connectivity index (χ3v) is 4.61. The zero-order valence-electron chi connectivity index (χ0n) is 16.5. The number of hydrogen-bond acceptors (Lipinski definition) is 5. The van der Waals surface area contributed by atoms with Crippen molar-refractivity contribution in [2.45, 2.75) is 40.2 Å². The minimum atomic E-state index is 0.423. The van der Waals surface area contributed by atoms with Crippen molar-refractivity contribution in [2.75, 3.05) is 16.8 Å². The number of aromatic nitrogens is 3. The van der Waals surface area contributed by atoms with Crippen LogP contribution in [-0.4, -0.2) is 21.7 Å². The van der Waals surface area contributed by atoms with Gasteiger partial charge in [0.05, 0.1) is 6.20 Å². The van der Waals surface area contributed by atoms with E-state index in [1.54, 1.807) is 6.20 Å².